The first-order valence-corrected chi connectivity index (χ1v) is 7.02. The van der Waals surface area contributed by atoms with Crippen LogP contribution in [-0.4, -0.2) is 51.7 Å². The van der Waals surface area contributed by atoms with Gasteiger partial charge in [0, 0.05) is 26.7 Å². The van der Waals surface area contributed by atoms with Crippen LogP contribution in [0.5, 0.6) is 0 Å². The Kier molecular flexibility index (Phi) is 11.5. The SMILES string of the molecule is COCCNCC(=O)NCCNC(=O)c1ccccc1Cl.Cl. The van der Waals surface area contributed by atoms with Crippen LogP contribution in [0.4, 0.5) is 0 Å². The minimum Gasteiger partial charge on any atom is -0.383 e. The van der Waals surface area contributed by atoms with Gasteiger partial charge in [-0.2, -0.15) is 0 Å². The summed E-state index contributed by atoms with van der Waals surface area (Å²) in [6.07, 6.45) is 0. The highest BCUT2D eigenvalue weighted by Gasteiger charge is 2.08. The molecule has 0 aliphatic carbocycles. The molecule has 0 radical (unpaired) electrons. The van der Waals surface area contributed by atoms with Crippen LogP contribution in [-0.2, 0) is 9.53 Å². The average Bonchev–Trinajstić information content (AvgIpc) is 2.48. The molecule has 6 nitrogen and oxygen atoms in total. The summed E-state index contributed by atoms with van der Waals surface area (Å²) in [5.41, 5.74) is 0.423. The van der Waals surface area contributed by atoms with E-state index in [0.717, 1.165) is 0 Å². The Morgan fingerprint density at radius 1 is 1.14 bits per heavy atom. The maximum atomic E-state index is 11.8. The van der Waals surface area contributed by atoms with E-state index in [4.69, 9.17) is 16.3 Å². The van der Waals surface area contributed by atoms with Gasteiger partial charge in [0.25, 0.3) is 5.91 Å². The Balaban J connectivity index is 0.00000441. The highest BCUT2D eigenvalue weighted by molar-refractivity contribution is 6.33. The third-order valence-corrected chi connectivity index (χ3v) is 2.95. The van der Waals surface area contributed by atoms with Gasteiger partial charge in [0.05, 0.1) is 23.7 Å². The highest BCUT2D eigenvalue weighted by atomic mass is 35.5. The first-order chi connectivity index (χ1) is 10.1. The molecule has 1 aromatic carbocycles. The molecule has 0 spiro atoms. The Labute approximate surface area is 141 Å². The maximum Gasteiger partial charge on any atom is 0.252 e. The zero-order valence-corrected chi connectivity index (χ0v) is 13.9. The van der Waals surface area contributed by atoms with Crippen molar-refractivity contribution in [2.45, 2.75) is 0 Å². The van der Waals surface area contributed by atoms with Crippen LogP contribution in [0, 0.1) is 0 Å². The summed E-state index contributed by atoms with van der Waals surface area (Å²) in [6, 6.07) is 6.81. The molecule has 22 heavy (non-hydrogen) atoms. The second kappa shape index (κ2) is 12.2. The Morgan fingerprint density at radius 2 is 1.82 bits per heavy atom. The van der Waals surface area contributed by atoms with Gasteiger partial charge in [-0.1, -0.05) is 23.7 Å². The van der Waals surface area contributed by atoms with Crippen molar-refractivity contribution in [1.29, 1.82) is 0 Å². The first-order valence-electron chi connectivity index (χ1n) is 6.64. The monoisotopic (exact) mass is 349 g/mol. The zero-order chi connectivity index (χ0) is 15.5. The molecule has 8 heteroatoms. The third-order valence-electron chi connectivity index (χ3n) is 2.62. The average molecular weight is 350 g/mol. The van der Waals surface area contributed by atoms with Crippen molar-refractivity contribution >= 4 is 35.8 Å². The van der Waals surface area contributed by atoms with E-state index in [1.165, 1.54) is 0 Å². The number of benzene rings is 1. The molecule has 0 aromatic heterocycles. The summed E-state index contributed by atoms with van der Waals surface area (Å²) in [4.78, 5) is 23.2. The molecule has 0 heterocycles. The van der Waals surface area contributed by atoms with Crippen molar-refractivity contribution in [2.75, 3.05) is 39.9 Å². The lowest BCUT2D eigenvalue weighted by molar-refractivity contribution is -0.120. The van der Waals surface area contributed by atoms with Crippen molar-refractivity contribution in [3.05, 3.63) is 34.9 Å². The molecule has 0 atom stereocenters. The summed E-state index contributed by atoms with van der Waals surface area (Å²) in [6.45, 7) is 2.10. The molecule has 0 saturated carbocycles. The molecular formula is C14H21Cl2N3O3. The van der Waals surface area contributed by atoms with Gasteiger partial charge in [-0.15, -0.1) is 12.4 Å². The fourth-order valence-electron chi connectivity index (χ4n) is 1.56. The molecule has 0 aliphatic heterocycles. The van der Waals surface area contributed by atoms with E-state index in [9.17, 15) is 9.59 Å². The first kappa shape index (κ1) is 20.7. The number of hydrogen-bond donors (Lipinski definition) is 3. The molecule has 124 valence electrons. The molecule has 0 aliphatic rings. The number of halogens is 2. The van der Waals surface area contributed by atoms with Gasteiger partial charge in [-0.05, 0) is 12.1 Å². The molecule has 0 bridgehead atoms. The lowest BCUT2D eigenvalue weighted by Crippen LogP contribution is -2.39. The molecule has 1 aromatic rings. The maximum absolute atomic E-state index is 11.8. The van der Waals surface area contributed by atoms with Crippen LogP contribution in [0.2, 0.25) is 5.02 Å². The van der Waals surface area contributed by atoms with Gasteiger partial charge >= 0.3 is 0 Å². The molecule has 0 unspecified atom stereocenters. The number of carbonyl (C=O) groups excluding carboxylic acids is 2. The minimum absolute atomic E-state index is 0. The van der Waals surface area contributed by atoms with E-state index in [1.54, 1.807) is 31.4 Å². The van der Waals surface area contributed by atoms with Crippen LogP contribution in [0.25, 0.3) is 0 Å². The Hall–Kier alpha value is -1.34. The molecule has 3 N–H and O–H groups in total. The van der Waals surface area contributed by atoms with E-state index in [0.29, 0.717) is 36.8 Å². The number of hydrogen-bond acceptors (Lipinski definition) is 4. The van der Waals surface area contributed by atoms with Crippen molar-refractivity contribution in [3.8, 4) is 0 Å². The molecule has 0 saturated heterocycles. The smallest absolute Gasteiger partial charge is 0.252 e. The fraction of sp³-hybridized carbons (Fsp3) is 0.429. The number of rotatable bonds is 9. The zero-order valence-electron chi connectivity index (χ0n) is 12.4. The second-order valence-corrected chi connectivity index (χ2v) is 4.66. The highest BCUT2D eigenvalue weighted by Crippen LogP contribution is 2.14. The predicted octanol–water partition coefficient (Wildman–Crippen LogP) is 0.844. The molecule has 1 rings (SSSR count). The van der Waals surface area contributed by atoms with Gasteiger partial charge < -0.3 is 20.7 Å². The normalized spacial score (nSPS) is 9.73. The number of ether oxygens (including phenoxy) is 1. The van der Waals surface area contributed by atoms with Crippen LogP contribution < -0.4 is 16.0 Å². The molecule has 0 fully saturated rings. The van der Waals surface area contributed by atoms with E-state index < -0.39 is 0 Å². The Morgan fingerprint density at radius 3 is 2.50 bits per heavy atom. The van der Waals surface area contributed by atoms with Crippen molar-refractivity contribution in [2.24, 2.45) is 0 Å². The lowest BCUT2D eigenvalue weighted by atomic mass is 10.2. The van der Waals surface area contributed by atoms with E-state index >= 15 is 0 Å². The summed E-state index contributed by atoms with van der Waals surface area (Å²) in [7, 11) is 1.60. The van der Waals surface area contributed by atoms with Crippen molar-refractivity contribution in [1.82, 2.24) is 16.0 Å². The summed E-state index contributed by atoms with van der Waals surface area (Å²) >= 11 is 5.92. The van der Waals surface area contributed by atoms with Gasteiger partial charge in [0.15, 0.2) is 0 Å². The van der Waals surface area contributed by atoms with E-state index in [-0.39, 0.29) is 30.8 Å². The Bertz CT molecular complexity index is 472. The quantitative estimate of drug-likeness (QED) is 0.577. The summed E-state index contributed by atoms with van der Waals surface area (Å²) in [5, 5.41) is 8.72. The van der Waals surface area contributed by atoms with Gasteiger partial charge in [0.1, 0.15) is 0 Å². The van der Waals surface area contributed by atoms with Crippen molar-refractivity contribution in [3.63, 3.8) is 0 Å². The van der Waals surface area contributed by atoms with Crippen LogP contribution in [0.3, 0.4) is 0 Å². The number of methoxy groups -OCH3 is 1. The van der Waals surface area contributed by atoms with Gasteiger partial charge in [-0.25, -0.2) is 0 Å². The second-order valence-electron chi connectivity index (χ2n) is 4.26. The topological polar surface area (TPSA) is 79.5 Å². The van der Waals surface area contributed by atoms with E-state index in [1.807, 2.05) is 0 Å². The number of amides is 2. The minimum atomic E-state index is -0.256. The number of carbonyl (C=O) groups is 2. The van der Waals surface area contributed by atoms with Gasteiger partial charge in [0.2, 0.25) is 5.91 Å². The van der Waals surface area contributed by atoms with Gasteiger partial charge in [-0.3, -0.25) is 9.59 Å². The predicted molar refractivity (Wildman–Crippen MR) is 88.8 cm³/mol. The summed E-state index contributed by atoms with van der Waals surface area (Å²) in [5.74, 6) is -0.383. The fourth-order valence-corrected chi connectivity index (χ4v) is 1.78. The molecular weight excluding hydrogens is 329 g/mol. The van der Waals surface area contributed by atoms with Crippen LogP contribution in [0.15, 0.2) is 24.3 Å². The largest absolute Gasteiger partial charge is 0.383 e. The van der Waals surface area contributed by atoms with Crippen LogP contribution in [0.1, 0.15) is 10.4 Å². The van der Waals surface area contributed by atoms with Crippen molar-refractivity contribution < 1.29 is 14.3 Å². The van der Waals surface area contributed by atoms with E-state index in [2.05, 4.69) is 16.0 Å². The summed E-state index contributed by atoms with van der Waals surface area (Å²) < 4.78 is 4.85. The third kappa shape index (κ3) is 8.19. The van der Waals surface area contributed by atoms with Crippen LogP contribution >= 0.6 is 24.0 Å². The molecule has 2 amide bonds. The number of nitrogens with one attached hydrogen (secondary N) is 3. The lowest BCUT2D eigenvalue weighted by Gasteiger charge is -2.08. The standard InChI is InChI=1S/C14H20ClN3O3.ClH/c1-21-9-8-16-10-13(19)17-6-7-18-14(20)11-4-2-3-5-12(11)15;/h2-5,16H,6-10H2,1H3,(H,17,19)(H,18,20);1H.